The second kappa shape index (κ2) is 8.18. The number of carbonyl (C=O) groups is 1. The number of hydrogen-bond acceptors (Lipinski definition) is 4. The molecular formula is C15H19N3O3. The average molecular weight is 289 g/mol. The predicted octanol–water partition coefficient (Wildman–Crippen LogP) is 1.00. The molecule has 0 aliphatic carbocycles. The van der Waals surface area contributed by atoms with E-state index in [2.05, 4.69) is 10.3 Å². The fourth-order valence-electron chi connectivity index (χ4n) is 1.81. The summed E-state index contributed by atoms with van der Waals surface area (Å²) in [7, 11) is 0. The molecule has 0 fully saturated rings. The van der Waals surface area contributed by atoms with Crippen molar-refractivity contribution in [2.24, 2.45) is 0 Å². The zero-order valence-electron chi connectivity index (χ0n) is 11.7. The smallest absolute Gasteiger partial charge is 0.252 e. The number of nitrogens with zero attached hydrogens (tertiary/aromatic N) is 2. The van der Waals surface area contributed by atoms with Crippen LogP contribution in [0.2, 0.25) is 0 Å². The molecule has 2 N–H and O–H groups in total. The topological polar surface area (TPSA) is 76.4 Å². The normalized spacial score (nSPS) is 10.5. The van der Waals surface area contributed by atoms with Crippen LogP contribution < -0.4 is 5.32 Å². The molecule has 0 atom stereocenters. The lowest BCUT2D eigenvalue weighted by Crippen LogP contribution is -2.25. The first-order chi connectivity index (χ1) is 10.3. The molecule has 0 radical (unpaired) electrons. The number of pyridine rings is 1. The average Bonchev–Trinajstić information content (AvgIpc) is 3.05. The summed E-state index contributed by atoms with van der Waals surface area (Å²) in [4.78, 5) is 16.2. The Balaban J connectivity index is 1.78. The Labute approximate surface area is 123 Å². The van der Waals surface area contributed by atoms with Crippen LogP contribution in [-0.4, -0.2) is 46.9 Å². The Kier molecular flexibility index (Phi) is 5.93. The Morgan fingerprint density at radius 2 is 2.10 bits per heavy atom. The fraction of sp³-hybridized carbons (Fsp3) is 0.333. The molecule has 0 unspecified atom stereocenters. The summed E-state index contributed by atoms with van der Waals surface area (Å²) in [5.74, 6) is 0.623. The third-order valence-corrected chi connectivity index (χ3v) is 2.87. The predicted molar refractivity (Wildman–Crippen MR) is 78.4 cm³/mol. The maximum atomic E-state index is 11.9. The fourth-order valence-corrected chi connectivity index (χ4v) is 1.81. The molecule has 0 aromatic carbocycles. The minimum Gasteiger partial charge on any atom is -0.394 e. The summed E-state index contributed by atoms with van der Waals surface area (Å²) in [5.41, 5.74) is 0.530. The van der Waals surface area contributed by atoms with Gasteiger partial charge >= 0.3 is 0 Å². The number of aromatic nitrogens is 2. The Bertz CT molecular complexity index is 538. The summed E-state index contributed by atoms with van der Waals surface area (Å²) in [6.07, 6.45) is 6.07. The van der Waals surface area contributed by atoms with Crippen LogP contribution in [-0.2, 0) is 4.74 Å². The van der Waals surface area contributed by atoms with Crippen molar-refractivity contribution in [1.82, 2.24) is 14.9 Å². The molecule has 2 heterocycles. The van der Waals surface area contributed by atoms with E-state index in [0.717, 1.165) is 5.82 Å². The minimum atomic E-state index is -0.149. The Morgan fingerprint density at radius 3 is 2.76 bits per heavy atom. The highest BCUT2D eigenvalue weighted by molar-refractivity contribution is 5.93. The summed E-state index contributed by atoms with van der Waals surface area (Å²) >= 11 is 0. The van der Waals surface area contributed by atoms with Crippen molar-refractivity contribution >= 4 is 5.91 Å². The van der Waals surface area contributed by atoms with E-state index < -0.39 is 0 Å². The number of hydrogen-bond donors (Lipinski definition) is 2. The molecule has 0 bridgehead atoms. The quantitative estimate of drug-likeness (QED) is 0.711. The largest absolute Gasteiger partial charge is 0.394 e. The Hall–Kier alpha value is -2.18. The standard InChI is InChI=1S/C15H19N3O3/c19-9-11-21-10-3-6-16-15(20)13-4-5-14(17-12-13)18-7-1-2-8-18/h1-2,4-5,7-8,12,19H,3,6,9-11H2,(H,16,20). The van der Waals surface area contributed by atoms with Crippen LogP contribution in [0.5, 0.6) is 0 Å². The van der Waals surface area contributed by atoms with Crippen LogP contribution in [0.25, 0.3) is 5.82 Å². The van der Waals surface area contributed by atoms with Crippen molar-refractivity contribution in [3.05, 3.63) is 48.4 Å². The lowest BCUT2D eigenvalue weighted by Gasteiger charge is -2.06. The van der Waals surface area contributed by atoms with E-state index in [0.29, 0.717) is 31.7 Å². The molecule has 0 aliphatic heterocycles. The van der Waals surface area contributed by atoms with E-state index >= 15 is 0 Å². The highest BCUT2D eigenvalue weighted by Crippen LogP contribution is 2.06. The first kappa shape index (κ1) is 15.2. The van der Waals surface area contributed by atoms with E-state index in [1.165, 1.54) is 0 Å². The van der Waals surface area contributed by atoms with E-state index in [1.54, 1.807) is 18.3 Å². The maximum absolute atomic E-state index is 11.9. The van der Waals surface area contributed by atoms with Crippen LogP contribution in [0.4, 0.5) is 0 Å². The summed E-state index contributed by atoms with van der Waals surface area (Å²) in [5, 5.41) is 11.3. The summed E-state index contributed by atoms with van der Waals surface area (Å²) in [6, 6.07) is 7.39. The van der Waals surface area contributed by atoms with Gasteiger partial charge in [-0.2, -0.15) is 0 Å². The van der Waals surface area contributed by atoms with Crippen molar-refractivity contribution in [3.8, 4) is 5.82 Å². The summed E-state index contributed by atoms with van der Waals surface area (Å²) < 4.78 is 6.99. The molecular weight excluding hydrogens is 270 g/mol. The van der Waals surface area contributed by atoms with Gasteiger partial charge in [0.25, 0.3) is 5.91 Å². The number of aliphatic hydroxyl groups is 1. The lowest BCUT2D eigenvalue weighted by atomic mass is 10.2. The molecule has 2 rings (SSSR count). The monoisotopic (exact) mass is 289 g/mol. The SMILES string of the molecule is O=C(NCCCOCCO)c1ccc(-n2cccc2)nc1. The van der Waals surface area contributed by atoms with Gasteiger partial charge in [0.2, 0.25) is 0 Å². The maximum Gasteiger partial charge on any atom is 0.252 e. The van der Waals surface area contributed by atoms with Crippen LogP contribution in [0, 0.1) is 0 Å². The molecule has 6 heteroatoms. The van der Waals surface area contributed by atoms with Crippen LogP contribution in [0.3, 0.4) is 0 Å². The van der Waals surface area contributed by atoms with Gasteiger partial charge in [-0.25, -0.2) is 4.98 Å². The van der Waals surface area contributed by atoms with Crippen molar-refractivity contribution in [3.63, 3.8) is 0 Å². The van der Waals surface area contributed by atoms with Gasteiger partial charge in [-0.1, -0.05) is 0 Å². The van der Waals surface area contributed by atoms with Crippen molar-refractivity contribution in [2.75, 3.05) is 26.4 Å². The van der Waals surface area contributed by atoms with E-state index in [9.17, 15) is 4.79 Å². The third-order valence-electron chi connectivity index (χ3n) is 2.87. The van der Waals surface area contributed by atoms with Crippen LogP contribution in [0.15, 0.2) is 42.9 Å². The van der Waals surface area contributed by atoms with Gasteiger partial charge in [-0.3, -0.25) is 4.79 Å². The molecule has 21 heavy (non-hydrogen) atoms. The van der Waals surface area contributed by atoms with Crippen molar-refractivity contribution in [1.29, 1.82) is 0 Å². The van der Waals surface area contributed by atoms with Gasteiger partial charge < -0.3 is 19.7 Å². The highest BCUT2D eigenvalue weighted by Gasteiger charge is 2.05. The number of carbonyl (C=O) groups excluding carboxylic acids is 1. The zero-order valence-corrected chi connectivity index (χ0v) is 11.7. The van der Waals surface area contributed by atoms with E-state index in [-0.39, 0.29) is 12.5 Å². The molecule has 0 spiro atoms. The van der Waals surface area contributed by atoms with Gasteiger partial charge in [0.05, 0.1) is 18.8 Å². The first-order valence-electron chi connectivity index (χ1n) is 6.87. The third kappa shape index (κ3) is 4.70. The molecule has 2 aromatic rings. The number of aliphatic hydroxyl groups excluding tert-OH is 1. The molecule has 112 valence electrons. The number of nitrogens with one attached hydrogen (secondary N) is 1. The first-order valence-corrected chi connectivity index (χ1v) is 6.87. The van der Waals surface area contributed by atoms with E-state index in [4.69, 9.17) is 9.84 Å². The molecule has 2 aromatic heterocycles. The molecule has 0 aliphatic rings. The molecule has 0 saturated carbocycles. The van der Waals surface area contributed by atoms with Crippen LogP contribution >= 0.6 is 0 Å². The van der Waals surface area contributed by atoms with Crippen molar-refractivity contribution in [2.45, 2.75) is 6.42 Å². The van der Waals surface area contributed by atoms with Crippen molar-refractivity contribution < 1.29 is 14.6 Å². The minimum absolute atomic E-state index is 0.0196. The highest BCUT2D eigenvalue weighted by atomic mass is 16.5. The second-order valence-electron chi connectivity index (χ2n) is 4.44. The van der Waals surface area contributed by atoms with Gasteiger partial charge in [0.15, 0.2) is 0 Å². The number of ether oxygens (including phenoxy) is 1. The zero-order chi connectivity index (χ0) is 14.9. The van der Waals surface area contributed by atoms with Gasteiger partial charge in [0, 0.05) is 31.7 Å². The summed E-state index contributed by atoms with van der Waals surface area (Å²) in [6.45, 7) is 1.40. The second-order valence-corrected chi connectivity index (χ2v) is 4.44. The molecule has 6 nitrogen and oxygen atoms in total. The Morgan fingerprint density at radius 1 is 1.29 bits per heavy atom. The molecule has 1 amide bonds. The van der Waals surface area contributed by atoms with E-state index in [1.807, 2.05) is 29.1 Å². The number of amides is 1. The van der Waals surface area contributed by atoms with Crippen LogP contribution in [0.1, 0.15) is 16.8 Å². The lowest BCUT2D eigenvalue weighted by molar-refractivity contribution is 0.0867. The number of rotatable bonds is 8. The molecule has 0 saturated heterocycles. The van der Waals surface area contributed by atoms with Gasteiger partial charge in [0.1, 0.15) is 5.82 Å². The van der Waals surface area contributed by atoms with Gasteiger partial charge in [-0.15, -0.1) is 0 Å². The van der Waals surface area contributed by atoms with Gasteiger partial charge in [-0.05, 0) is 30.7 Å².